The van der Waals surface area contributed by atoms with E-state index in [9.17, 15) is 9.59 Å². The quantitative estimate of drug-likeness (QED) is 0.666. The van der Waals surface area contributed by atoms with Crippen LogP contribution in [0.25, 0.3) is 0 Å². The van der Waals surface area contributed by atoms with E-state index in [0.29, 0.717) is 13.2 Å². The standard InChI is InChI=1S/2C4H8O3.Fe/c2*1-7-3-2-4(5)6;/h2*2-3H2,1H3,(H,5,6);. The minimum Gasteiger partial charge on any atom is -0.481 e. The molecule has 0 bridgehead atoms. The Bertz CT molecular complexity index is 143. The molecule has 0 atom stereocenters. The van der Waals surface area contributed by atoms with Crippen molar-refractivity contribution in [1.29, 1.82) is 0 Å². The molecule has 0 radical (unpaired) electrons. The molecule has 0 spiro atoms. The predicted molar refractivity (Wildman–Crippen MR) is 48.3 cm³/mol. The van der Waals surface area contributed by atoms with Gasteiger partial charge < -0.3 is 19.7 Å². The van der Waals surface area contributed by atoms with Gasteiger partial charge in [-0.05, 0) is 0 Å². The molecule has 0 aromatic carbocycles. The van der Waals surface area contributed by atoms with Gasteiger partial charge in [0.25, 0.3) is 0 Å². The van der Waals surface area contributed by atoms with Gasteiger partial charge in [0.15, 0.2) is 0 Å². The predicted octanol–water partition coefficient (Wildman–Crippen LogP) is 0.212. The van der Waals surface area contributed by atoms with Gasteiger partial charge in [-0.2, -0.15) is 0 Å². The van der Waals surface area contributed by atoms with Crippen LogP contribution in [0.2, 0.25) is 0 Å². The van der Waals surface area contributed by atoms with E-state index in [0.717, 1.165) is 0 Å². The van der Waals surface area contributed by atoms with Crippen molar-refractivity contribution < 1.29 is 46.3 Å². The number of hydrogen-bond donors (Lipinski definition) is 2. The van der Waals surface area contributed by atoms with E-state index in [1.165, 1.54) is 14.2 Å². The maximum Gasteiger partial charge on any atom is 0.305 e. The molecule has 6 nitrogen and oxygen atoms in total. The molecule has 92 valence electrons. The van der Waals surface area contributed by atoms with Crippen LogP contribution in [0.15, 0.2) is 0 Å². The van der Waals surface area contributed by atoms with Crippen molar-refractivity contribution in [2.45, 2.75) is 12.8 Å². The number of hydrogen-bond acceptors (Lipinski definition) is 4. The van der Waals surface area contributed by atoms with Gasteiger partial charge in [-0.15, -0.1) is 0 Å². The van der Waals surface area contributed by atoms with E-state index in [1.807, 2.05) is 0 Å². The van der Waals surface area contributed by atoms with Crippen LogP contribution >= 0.6 is 0 Å². The van der Waals surface area contributed by atoms with Crippen LogP contribution in [0.3, 0.4) is 0 Å². The van der Waals surface area contributed by atoms with Gasteiger partial charge in [0, 0.05) is 31.3 Å². The summed E-state index contributed by atoms with van der Waals surface area (Å²) in [7, 11) is 2.95. The van der Waals surface area contributed by atoms with E-state index >= 15 is 0 Å². The van der Waals surface area contributed by atoms with Gasteiger partial charge in [-0.1, -0.05) is 0 Å². The molecule has 15 heavy (non-hydrogen) atoms. The fourth-order valence-electron chi connectivity index (χ4n) is 0.379. The second-order valence-electron chi connectivity index (χ2n) is 2.27. The Kier molecular flexibility index (Phi) is 21.0. The number of rotatable bonds is 6. The van der Waals surface area contributed by atoms with Crippen molar-refractivity contribution in [2.24, 2.45) is 0 Å². The molecular weight excluding hydrogens is 248 g/mol. The third-order valence-corrected chi connectivity index (χ3v) is 1.04. The van der Waals surface area contributed by atoms with Gasteiger partial charge in [-0.3, -0.25) is 9.59 Å². The zero-order valence-electron chi connectivity index (χ0n) is 8.71. The summed E-state index contributed by atoms with van der Waals surface area (Å²) in [5, 5.41) is 15.9. The molecule has 0 unspecified atom stereocenters. The molecule has 0 aliphatic heterocycles. The minimum atomic E-state index is -0.818. The molecule has 0 saturated carbocycles. The number of aliphatic carboxylic acids is 2. The average Bonchev–Trinajstić information content (AvgIpc) is 2.12. The van der Waals surface area contributed by atoms with Gasteiger partial charge in [0.1, 0.15) is 0 Å². The molecule has 0 aliphatic rings. The van der Waals surface area contributed by atoms with Crippen LogP contribution in [0.1, 0.15) is 12.8 Å². The van der Waals surface area contributed by atoms with Gasteiger partial charge in [0.05, 0.1) is 26.1 Å². The third kappa shape index (κ3) is 31.8. The summed E-state index contributed by atoms with van der Waals surface area (Å²) in [6, 6.07) is 0. The Hall–Kier alpha value is -0.621. The molecule has 0 aromatic rings. The Labute approximate surface area is 99.0 Å². The summed E-state index contributed by atoms with van der Waals surface area (Å²) >= 11 is 0. The first-order valence-corrected chi connectivity index (χ1v) is 3.96. The molecule has 2 N–H and O–H groups in total. The number of carboxylic acids is 2. The van der Waals surface area contributed by atoms with Crippen LogP contribution in [0, 0.1) is 0 Å². The van der Waals surface area contributed by atoms with Crippen molar-refractivity contribution in [1.82, 2.24) is 0 Å². The molecule has 0 rings (SSSR count). The zero-order valence-corrected chi connectivity index (χ0v) is 9.81. The monoisotopic (exact) mass is 264 g/mol. The maximum absolute atomic E-state index is 9.68. The SMILES string of the molecule is COCCC(=O)O.COCCC(=O)O.[Fe]. The first-order chi connectivity index (χ1) is 6.54. The number of carboxylic acid groups (broad SMARTS) is 2. The van der Waals surface area contributed by atoms with Gasteiger partial charge >= 0.3 is 11.9 Å². The Balaban J connectivity index is -0.000000180. The van der Waals surface area contributed by atoms with Crippen molar-refractivity contribution in [3.8, 4) is 0 Å². The summed E-state index contributed by atoms with van der Waals surface area (Å²) < 4.78 is 8.94. The smallest absolute Gasteiger partial charge is 0.305 e. The van der Waals surface area contributed by atoms with Crippen molar-refractivity contribution in [2.75, 3.05) is 27.4 Å². The first-order valence-electron chi connectivity index (χ1n) is 3.96. The Morgan fingerprint density at radius 3 is 1.27 bits per heavy atom. The second kappa shape index (κ2) is 15.8. The number of ether oxygens (including phenoxy) is 2. The topological polar surface area (TPSA) is 93.1 Å². The van der Waals surface area contributed by atoms with Gasteiger partial charge in [-0.25, -0.2) is 0 Å². The largest absolute Gasteiger partial charge is 0.481 e. The first kappa shape index (κ1) is 19.9. The van der Waals surface area contributed by atoms with E-state index in [1.54, 1.807) is 0 Å². The Morgan fingerprint density at radius 2 is 1.20 bits per heavy atom. The summed E-state index contributed by atoms with van der Waals surface area (Å²) in [6.07, 6.45) is 0.188. The zero-order chi connectivity index (χ0) is 11.4. The molecule has 0 heterocycles. The van der Waals surface area contributed by atoms with Crippen LogP contribution in [0.4, 0.5) is 0 Å². The van der Waals surface area contributed by atoms with Crippen molar-refractivity contribution >= 4 is 11.9 Å². The molecule has 0 saturated heterocycles. The van der Waals surface area contributed by atoms with E-state index < -0.39 is 11.9 Å². The third-order valence-electron chi connectivity index (χ3n) is 1.04. The normalized spacial score (nSPS) is 8.13. The molecular formula is C8H16FeO6. The molecule has 0 aliphatic carbocycles. The second-order valence-corrected chi connectivity index (χ2v) is 2.27. The van der Waals surface area contributed by atoms with E-state index in [-0.39, 0.29) is 29.9 Å². The fourth-order valence-corrected chi connectivity index (χ4v) is 0.379. The Morgan fingerprint density at radius 1 is 0.933 bits per heavy atom. The number of methoxy groups -OCH3 is 2. The van der Waals surface area contributed by atoms with Crippen LogP contribution < -0.4 is 0 Å². The van der Waals surface area contributed by atoms with Crippen molar-refractivity contribution in [3.63, 3.8) is 0 Å². The fraction of sp³-hybridized carbons (Fsp3) is 0.750. The molecule has 0 amide bonds. The molecule has 0 fully saturated rings. The molecule has 0 aromatic heterocycles. The van der Waals surface area contributed by atoms with E-state index in [2.05, 4.69) is 9.47 Å². The summed E-state index contributed by atoms with van der Waals surface area (Å²) in [5.74, 6) is -1.64. The van der Waals surface area contributed by atoms with Crippen LogP contribution in [0.5, 0.6) is 0 Å². The number of carbonyl (C=O) groups is 2. The maximum atomic E-state index is 9.68. The van der Waals surface area contributed by atoms with Crippen LogP contribution in [-0.4, -0.2) is 49.6 Å². The van der Waals surface area contributed by atoms with Crippen LogP contribution in [-0.2, 0) is 36.1 Å². The van der Waals surface area contributed by atoms with E-state index in [4.69, 9.17) is 10.2 Å². The van der Waals surface area contributed by atoms with Crippen molar-refractivity contribution in [3.05, 3.63) is 0 Å². The summed E-state index contributed by atoms with van der Waals surface area (Å²) in [5.41, 5.74) is 0. The summed E-state index contributed by atoms with van der Waals surface area (Å²) in [6.45, 7) is 0.602. The van der Waals surface area contributed by atoms with Gasteiger partial charge in [0.2, 0.25) is 0 Å². The summed E-state index contributed by atoms with van der Waals surface area (Å²) in [4.78, 5) is 19.4. The molecule has 7 heteroatoms. The minimum absolute atomic E-state index is 0. The average molecular weight is 264 g/mol.